The highest BCUT2D eigenvalue weighted by Gasteiger charge is 2.11. The van der Waals surface area contributed by atoms with E-state index in [1.165, 1.54) is 16.7 Å². The molecule has 0 aliphatic heterocycles. The molecule has 0 unspecified atom stereocenters. The van der Waals surface area contributed by atoms with Gasteiger partial charge in [-0.25, -0.2) is 9.37 Å². The predicted octanol–water partition coefficient (Wildman–Crippen LogP) is 3.11. The summed E-state index contributed by atoms with van der Waals surface area (Å²) in [4.78, 5) is 18.8. The summed E-state index contributed by atoms with van der Waals surface area (Å²) in [5.74, 6) is 0.212. The van der Waals surface area contributed by atoms with Gasteiger partial charge in [0.25, 0.3) is 5.56 Å². The summed E-state index contributed by atoms with van der Waals surface area (Å²) in [6, 6.07) is 9.33. The van der Waals surface area contributed by atoms with Gasteiger partial charge in [0.05, 0.1) is 22.8 Å². The van der Waals surface area contributed by atoms with Crippen LogP contribution < -0.4 is 5.56 Å². The first-order valence-electron chi connectivity index (χ1n) is 6.27. The van der Waals surface area contributed by atoms with Crippen molar-refractivity contribution in [2.45, 2.75) is 5.88 Å². The van der Waals surface area contributed by atoms with Gasteiger partial charge in [0, 0.05) is 18.5 Å². The lowest BCUT2D eigenvalue weighted by atomic mass is 10.1. The summed E-state index contributed by atoms with van der Waals surface area (Å²) in [5.41, 5.74) is 1.23. The van der Waals surface area contributed by atoms with E-state index in [2.05, 4.69) is 9.97 Å². The molecule has 0 bridgehead atoms. The van der Waals surface area contributed by atoms with E-state index in [4.69, 9.17) is 11.6 Å². The third-order valence-corrected chi connectivity index (χ3v) is 3.35. The van der Waals surface area contributed by atoms with Crippen LogP contribution in [0, 0.1) is 5.82 Å². The van der Waals surface area contributed by atoms with Gasteiger partial charge < -0.3 is 4.98 Å². The Morgan fingerprint density at radius 2 is 2.14 bits per heavy atom. The zero-order valence-corrected chi connectivity index (χ0v) is 11.6. The van der Waals surface area contributed by atoms with Gasteiger partial charge in [-0.15, -0.1) is 11.6 Å². The minimum absolute atomic E-state index is 0.216. The fourth-order valence-corrected chi connectivity index (χ4v) is 2.19. The van der Waals surface area contributed by atoms with Gasteiger partial charge in [0.15, 0.2) is 0 Å². The molecule has 0 aliphatic carbocycles. The Labute approximate surface area is 124 Å². The van der Waals surface area contributed by atoms with Crippen LogP contribution >= 0.6 is 11.6 Å². The van der Waals surface area contributed by atoms with Crippen molar-refractivity contribution in [2.75, 3.05) is 0 Å². The van der Waals surface area contributed by atoms with Crippen LogP contribution in [0.2, 0.25) is 0 Å². The lowest BCUT2D eigenvalue weighted by Crippen LogP contribution is -2.15. The van der Waals surface area contributed by atoms with Crippen LogP contribution in [0.1, 0.15) is 5.69 Å². The standard InChI is InChI=1S/C15H11ClFN3O/c16-8-10-9-18-15(19-10)12-5-4-11(7-13(12)17)20-6-2-1-3-14(20)21/h1-7,9H,8H2,(H,18,19). The van der Waals surface area contributed by atoms with Crippen molar-refractivity contribution in [3.63, 3.8) is 0 Å². The number of halogens is 2. The second-order valence-electron chi connectivity index (χ2n) is 4.45. The quantitative estimate of drug-likeness (QED) is 0.756. The summed E-state index contributed by atoms with van der Waals surface area (Å²) >= 11 is 5.68. The Kier molecular flexibility index (Phi) is 3.58. The second kappa shape index (κ2) is 5.54. The second-order valence-corrected chi connectivity index (χ2v) is 4.71. The molecule has 0 saturated carbocycles. The molecule has 0 aliphatic rings. The predicted molar refractivity (Wildman–Crippen MR) is 79.1 cm³/mol. The summed E-state index contributed by atoms with van der Waals surface area (Å²) in [6.07, 6.45) is 3.23. The molecule has 6 heteroatoms. The van der Waals surface area contributed by atoms with E-state index >= 15 is 0 Å². The summed E-state index contributed by atoms with van der Waals surface area (Å²) < 4.78 is 15.6. The van der Waals surface area contributed by atoms with Crippen molar-refractivity contribution in [2.24, 2.45) is 0 Å². The van der Waals surface area contributed by atoms with Crippen LogP contribution in [0.5, 0.6) is 0 Å². The Morgan fingerprint density at radius 3 is 2.81 bits per heavy atom. The van der Waals surface area contributed by atoms with Crippen molar-refractivity contribution in [1.29, 1.82) is 0 Å². The van der Waals surface area contributed by atoms with Gasteiger partial charge in [-0.05, 0) is 24.3 Å². The van der Waals surface area contributed by atoms with Crippen LogP contribution in [0.4, 0.5) is 4.39 Å². The average molecular weight is 304 g/mol. The number of benzene rings is 1. The number of H-pyrrole nitrogens is 1. The molecule has 106 valence electrons. The highest BCUT2D eigenvalue weighted by Crippen LogP contribution is 2.22. The van der Waals surface area contributed by atoms with Crippen molar-refractivity contribution in [1.82, 2.24) is 14.5 Å². The van der Waals surface area contributed by atoms with Gasteiger partial charge >= 0.3 is 0 Å². The number of aromatic nitrogens is 3. The van der Waals surface area contributed by atoms with E-state index in [1.807, 2.05) is 0 Å². The molecule has 3 rings (SSSR count). The number of pyridine rings is 1. The normalized spacial score (nSPS) is 10.8. The monoisotopic (exact) mass is 303 g/mol. The molecular formula is C15H11ClFN3O. The van der Waals surface area contributed by atoms with Crippen molar-refractivity contribution in [3.8, 4) is 17.1 Å². The molecule has 2 aromatic heterocycles. The largest absolute Gasteiger partial charge is 0.344 e. The fraction of sp³-hybridized carbons (Fsp3) is 0.0667. The molecule has 4 nitrogen and oxygen atoms in total. The average Bonchev–Trinajstić information content (AvgIpc) is 2.96. The Morgan fingerprint density at radius 1 is 1.29 bits per heavy atom. The summed E-state index contributed by atoms with van der Waals surface area (Å²) in [6.45, 7) is 0. The highest BCUT2D eigenvalue weighted by atomic mass is 35.5. The minimum atomic E-state index is -0.460. The lowest BCUT2D eigenvalue weighted by Gasteiger charge is -2.07. The van der Waals surface area contributed by atoms with Crippen molar-refractivity contribution < 1.29 is 4.39 Å². The molecule has 2 heterocycles. The first-order chi connectivity index (χ1) is 10.2. The van der Waals surface area contributed by atoms with E-state index in [-0.39, 0.29) is 11.4 Å². The maximum atomic E-state index is 14.3. The third-order valence-electron chi connectivity index (χ3n) is 3.08. The number of aromatic amines is 1. The highest BCUT2D eigenvalue weighted by molar-refractivity contribution is 6.16. The van der Waals surface area contributed by atoms with Crippen LogP contribution in [0.25, 0.3) is 17.1 Å². The molecule has 0 atom stereocenters. The molecular weight excluding hydrogens is 293 g/mol. The Hall–Kier alpha value is -2.40. The van der Waals surface area contributed by atoms with Crippen molar-refractivity contribution in [3.05, 3.63) is 70.7 Å². The molecule has 0 spiro atoms. The number of alkyl halides is 1. The zero-order chi connectivity index (χ0) is 14.8. The maximum Gasteiger partial charge on any atom is 0.255 e. The van der Waals surface area contributed by atoms with E-state index in [9.17, 15) is 9.18 Å². The Balaban J connectivity index is 2.04. The molecule has 21 heavy (non-hydrogen) atoms. The van der Waals surface area contributed by atoms with Gasteiger partial charge in [0.2, 0.25) is 0 Å². The molecule has 3 aromatic rings. The first kappa shape index (κ1) is 13.6. The van der Waals surface area contributed by atoms with Crippen LogP contribution in [0.15, 0.2) is 53.6 Å². The number of rotatable bonds is 3. The van der Waals surface area contributed by atoms with Crippen molar-refractivity contribution >= 4 is 11.6 Å². The van der Waals surface area contributed by atoms with Gasteiger partial charge in [-0.3, -0.25) is 9.36 Å². The first-order valence-corrected chi connectivity index (χ1v) is 6.81. The fourth-order valence-electron chi connectivity index (χ4n) is 2.05. The van der Waals surface area contributed by atoms with Gasteiger partial charge in [0.1, 0.15) is 11.6 Å². The van der Waals surface area contributed by atoms with E-state index in [0.29, 0.717) is 22.8 Å². The number of hydrogen-bond acceptors (Lipinski definition) is 2. The van der Waals surface area contributed by atoms with Crippen LogP contribution in [-0.4, -0.2) is 14.5 Å². The molecule has 1 aromatic carbocycles. The topological polar surface area (TPSA) is 50.7 Å². The maximum absolute atomic E-state index is 14.3. The number of nitrogens with one attached hydrogen (secondary N) is 1. The molecule has 0 radical (unpaired) electrons. The smallest absolute Gasteiger partial charge is 0.255 e. The number of imidazole rings is 1. The lowest BCUT2D eigenvalue weighted by molar-refractivity contribution is 0.628. The number of hydrogen-bond donors (Lipinski definition) is 1. The third kappa shape index (κ3) is 2.60. The zero-order valence-electron chi connectivity index (χ0n) is 10.9. The summed E-state index contributed by atoms with van der Waals surface area (Å²) in [5, 5.41) is 0. The summed E-state index contributed by atoms with van der Waals surface area (Å²) in [7, 11) is 0. The van der Waals surface area contributed by atoms with Gasteiger partial charge in [-0.1, -0.05) is 6.07 Å². The Bertz CT molecular complexity index is 841. The molecule has 0 amide bonds. The minimum Gasteiger partial charge on any atom is -0.344 e. The number of nitrogens with zero attached hydrogens (tertiary/aromatic N) is 2. The molecule has 0 saturated heterocycles. The SMILES string of the molecule is O=c1ccccn1-c1ccc(-c2nc(CCl)c[nH]2)c(F)c1. The van der Waals surface area contributed by atoms with E-state index < -0.39 is 5.82 Å². The van der Waals surface area contributed by atoms with Crippen LogP contribution in [0.3, 0.4) is 0 Å². The molecule has 1 N–H and O–H groups in total. The van der Waals surface area contributed by atoms with E-state index in [1.54, 1.807) is 36.7 Å². The van der Waals surface area contributed by atoms with E-state index in [0.717, 1.165) is 0 Å². The molecule has 0 fully saturated rings. The van der Waals surface area contributed by atoms with Gasteiger partial charge in [-0.2, -0.15) is 0 Å². The van der Waals surface area contributed by atoms with Crippen LogP contribution in [-0.2, 0) is 5.88 Å².